The average molecular weight is 311 g/mol. The zero-order valence-electron chi connectivity index (χ0n) is 13.2. The highest BCUT2D eigenvalue weighted by atomic mass is 32.2. The summed E-state index contributed by atoms with van der Waals surface area (Å²) in [5, 5.41) is 3.60. The Balaban J connectivity index is 2.20. The van der Waals surface area contributed by atoms with Crippen LogP contribution in [0.1, 0.15) is 46.5 Å². The van der Waals surface area contributed by atoms with Crippen LogP contribution in [0.5, 0.6) is 0 Å². The van der Waals surface area contributed by atoms with E-state index in [2.05, 4.69) is 26.1 Å². The number of benzene rings is 1. The van der Waals surface area contributed by atoms with Gasteiger partial charge in [0, 0.05) is 10.9 Å². The van der Waals surface area contributed by atoms with E-state index in [1.807, 2.05) is 0 Å². The third kappa shape index (κ3) is 4.36. The maximum Gasteiger partial charge on any atom is 0.124 e. The Kier molecular flexibility index (Phi) is 5.55. The zero-order chi connectivity index (χ0) is 15.5. The lowest BCUT2D eigenvalue weighted by Crippen LogP contribution is -2.48. The van der Waals surface area contributed by atoms with Gasteiger partial charge in [0.25, 0.3) is 0 Å². The van der Waals surface area contributed by atoms with Crippen LogP contribution in [0, 0.1) is 11.2 Å². The van der Waals surface area contributed by atoms with E-state index < -0.39 is 10.8 Å². The van der Waals surface area contributed by atoms with Crippen LogP contribution in [0.3, 0.4) is 0 Å². The lowest BCUT2D eigenvalue weighted by atomic mass is 9.75. The highest BCUT2D eigenvalue weighted by Crippen LogP contribution is 2.38. The molecular weight excluding hydrogens is 285 g/mol. The van der Waals surface area contributed by atoms with Crippen LogP contribution in [-0.4, -0.2) is 22.0 Å². The fraction of sp³-hybridized carbons (Fsp3) is 0.647. The lowest BCUT2D eigenvalue weighted by molar-refractivity contribution is 0.212. The smallest absolute Gasteiger partial charge is 0.124 e. The van der Waals surface area contributed by atoms with E-state index >= 15 is 0 Å². The maximum absolute atomic E-state index is 13.4. The molecular formula is C17H26FNOS. The van der Waals surface area contributed by atoms with Gasteiger partial charge < -0.3 is 5.32 Å². The van der Waals surface area contributed by atoms with Gasteiger partial charge in [0.15, 0.2) is 0 Å². The van der Waals surface area contributed by atoms with Crippen molar-refractivity contribution in [2.75, 3.05) is 6.54 Å². The molecule has 3 unspecified atom stereocenters. The Bertz CT molecular complexity index is 503. The van der Waals surface area contributed by atoms with Crippen molar-refractivity contribution in [2.24, 2.45) is 5.41 Å². The topological polar surface area (TPSA) is 29.1 Å². The fourth-order valence-electron chi connectivity index (χ4n) is 3.08. The Morgan fingerprint density at radius 2 is 2.19 bits per heavy atom. The van der Waals surface area contributed by atoms with Crippen molar-refractivity contribution in [2.45, 2.75) is 62.6 Å². The molecule has 1 N–H and O–H groups in total. The van der Waals surface area contributed by atoms with E-state index in [4.69, 9.17) is 0 Å². The largest absolute Gasteiger partial charge is 0.313 e. The predicted molar refractivity (Wildman–Crippen MR) is 86.3 cm³/mol. The molecule has 1 saturated carbocycles. The van der Waals surface area contributed by atoms with Gasteiger partial charge in [0.1, 0.15) is 5.82 Å². The number of rotatable bonds is 5. The summed E-state index contributed by atoms with van der Waals surface area (Å²) in [4.78, 5) is 0.612. The second-order valence-electron chi connectivity index (χ2n) is 6.76. The Labute approximate surface area is 130 Å². The summed E-state index contributed by atoms with van der Waals surface area (Å²) in [5.74, 6) is -0.311. The standard InChI is InChI=1S/C17H26FNOS/c1-4-10-19-15-8-9-17(2,3)12-16(15)21(20)14-7-5-6-13(18)11-14/h5-7,11,15-16,19H,4,8-10,12H2,1-3H3. The summed E-state index contributed by atoms with van der Waals surface area (Å²) in [5.41, 5.74) is 0.206. The van der Waals surface area contributed by atoms with E-state index in [0.29, 0.717) is 4.90 Å². The van der Waals surface area contributed by atoms with Gasteiger partial charge in [0.2, 0.25) is 0 Å². The summed E-state index contributed by atoms with van der Waals surface area (Å²) >= 11 is 0. The molecule has 0 saturated heterocycles. The zero-order valence-corrected chi connectivity index (χ0v) is 14.0. The van der Waals surface area contributed by atoms with Crippen molar-refractivity contribution in [3.8, 4) is 0 Å². The van der Waals surface area contributed by atoms with E-state index in [1.165, 1.54) is 12.1 Å². The number of nitrogens with one attached hydrogen (secondary N) is 1. The third-order valence-corrected chi connectivity index (χ3v) is 6.06. The van der Waals surface area contributed by atoms with Crippen molar-refractivity contribution in [1.29, 1.82) is 0 Å². The van der Waals surface area contributed by atoms with Crippen molar-refractivity contribution >= 4 is 10.8 Å². The van der Waals surface area contributed by atoms with E-state index in [0.717, 1.165) is 32.2 Å². The van der Waals surface area contributed by atoms with Crippen molar-refractivity contribution < 1.29 is 8.60 Å². The van der Waals surface area contributed by atoms with Crippen molar-refractivity contribution in [1.82, 2.24) is 5.32 Å². The van der Waals surface area contributed by atoms with Crippen LogP contribution in [-0.2, 0) is 10.8 Å². The highest BCUT2D eigenvalue weighted by Gasteiger charge is 2.38. The summed E-state index contributed by atoms with van der Waals surface area (Å²) in [7, 11) is -1.16. The minimum Gasteiger partial charge on any atom is -0.313 e. The molecule has 3 atom stereocenters. The van der Waals surface area contributed by atoms with Gasteiger partial charge in [-0.15, -0.1) is 0 Å². The van der Waals surface area contributed by atoms with Gasteiger partial charge in [-0.3, -0.25) is 4.21 Å². The first-order chi connectivity index (χ1) is 9.93. The molecule has 0 bridgehead atoms. The van der Waals surface area contributed by atoms with Crippen LogP contribution in [0.15, 0.2) is 29.2 Å². The maximum atomic E-state index is 13.4. The second kappa shape index (κ2) is 7.01. The first-order valence-corrected chi connectivity index (χ1v) is 9.04. The molecule has 0 aromatic heterocycles. The minimum absolute atomic E-state index is 0.0575. The monoisotopic (exact) mass is 311 g/mol. The molecule has 4 heteroatoms. The van der Waals surface area contributed by atoms with Gasteiger partial charge in [0.05, 0.1) is 16.0 Å². The summed E-state index contributed by atoms with van der Waals surface area (Å²) in [6.45, 7) is 7.55. The van der Waals surface area contributed by atoms with Gasteiger partial charge in [-0.05, 0) is 55.8 Å². The quantitative estimate of drug-likeness (QED) is 0.894. The predicted octanol–water partition coefficient (Wildman–Crippen LogP) is 3.88. The molecule has 0 heterocycles. The Morgan fingerprint density at radius 1 is 1.43 bits per heavy atom. The van der Waals surface area contributed by atoms with Gasteiger partial charge in [-0.2, -0.15) is 0 Å². The Morgan fingerprint density at radius 3 is 2.86 bits per heavy atom. The molecule has 1 aliphatic rings. The van der Waals surface area contributed by atoms with E-state index in [9.17, 15) is 8.60 Å². The fourth-order valence-corrected chi connectivity index (χ4v) is 5.00. The van der Waals surface area contributed by atoms with E-state index in [1.54, 1.807) is 12.1 Å². The molecule has 0 spiro atoms. The first kappa shape index (κ1) is 16.6. The molecule has 1 aromatic carbocycles. The van der Waals surface area contributed by atoms with Crippen LogP contribution < -0.4 is 5.32 Å². The molecule has 1 fully saturated rings. The summed E-state index contributed by atoms with van der Waals surface area (Å²) < 4.78 is 26.3. The summed E-state index contributed by atoms with van der Waals surface area (Å²) in [6, 6.07) is 6.50. The highest BCUT2D eigenvalue weighted by molar-refractivity contribution is 7.85. The molecule has 2 nitrogen and oxygen atoms in total. The molecule has 118 valence electrons. The average Bonchev–Trinajstić information content (AvgIpc) is 2.44. The minimum atomic E-state index is -1.16. The molecule has 2 rings (SSSR count). The van der Waals surface area contributed by atoms with E-state index in [-0.39, 0.29) is 22.5 Å². The molecule has 1 aliphatic carbocycles. The first-order valence-electron chi connectivity index (χ1n) is 7.82. The Hall–Kier alpha value is -0.740. The number of hydrogen-bond acceptors (Lipinski definition) is 2. The van der Waals surface area contributed by atoms with Gasteiger partial charge in [-0.1, -0.05) is 26.8 Å². The molecule has 21 heavy (non-hydrogen) atoms. The normalized spacial score (nSPS) is 26.5. The molecule has 0 amide bonds. The lowest BCUT2D eigenvalue weighted by Gasteiger charge is -2.40. The molecule has 0 radical (unpaired) electrons. The number of hydrogen-bond donors (Lipinski definition) is 1. The number of halogens is 1. The summed E-state index contributed by atoms with van der Waals surface area (Å²) in [6.07, 6.45) is 4.17. The van der Waals surface area contributed by atoms with Crippen molar-refractivity contribution in [3.63, 3.8) is 0 Å². The second-order valence-corrected chi connectivity index (χ2v) is 8.43. The van der Waals surface area contributed by atoms with Crippen LogP contribution in [0.2, 0.25) is 0 Å². The van der Waals surface area contributed by atoms with Gasteiger partial charge in [-0.25, -0.2) is 4.39 Å². The van der Waals surface area contributed by atoms with Gasteiger partial charge >= 0.3 is 0 Å². The third-order valence-electron chi connectivity index (χ3n) is 4.29. The molecule has 0 aliphatic heterocycles. The van der Waals surface area contributed by atoms with Crippen LogP contribution in [0.4, 0.5) is 4.39 Å². The van der Waals surface area contributed by atoms with Crippen LogP contribution >= 0.6 is 0 Å². The molecule has 1 aromatic rings. The SMILES string of the molecule is CCCNC1CCC(C)(C)CC1S(=O)c1cccc(F)c1. The van der Waals surface area contributed by atoms with Crippen molar-refractivity contribution in [3.05, 3.63) is 30.1 Å². The van der Waals surface area contributed by atoms with Crippen LogP contribution in [0.25, 0.3) is 0 Å².